The van der Waals surface area contributed by atoms with Gasteiger partial charge in [0.2, 0.25) is 0 Å². The molecule has 1 aliphatic heterocycles. The molecular weight excluding hydrogens is 398 g/mol. The average Bonchev–Trinajstić information content (AvgIpc) is 2.64. The van der Waals surface area contributed by atoms with Gasteiger partial charge in [-0.15, -0.1) is 0 Å². The molecule has 3 rings (SSSR count). The molecule has 7 heteroatoms. The maximum absolute atomic E-state index is 12.9. The van der Waals surface area contributed by atoms with E-state index >= 15 is 0 Å². The van der Waals surface area contributed by atoms with Crippen molar-refractivity contribution < 1.29 is 17.9 Å². The van der Waals surface area contributed by atoms with Gasteiger partial charge < -0.3 is 9.64 Å². The van der Waals surface area contributed by atoms with E-state index in [1.54, 1.807) is 4.90 Å². The number of carbonyl (C=O) groups excluding carboxylic acids is 1. The maximum Gasteiger partial charge on any atom is 0.255 e. The molecule has 1 heterocycles. The molecule has 150 valence electrons. The Morgan fingerprint density at radius 3 is 2.36 bits per heavy atom. The Morgan fingerprint density at radius 1 is 1.07 bits per heavy atom. The number of hydrogen-bond donors (Lipinski definition) is 0. The summed E-state index contributed by atoms with van der Waals surface area (Å²) in [5, 5.41) is 0.255. The van der Waals surface area contributed by atoms with Crippen LogP contribution in [0.5, 0.6) is 5.75 Å². The smallest absolute Gasteiger partial charge is 0.255 e. The van der Waals surface area contributed by atoms with E-state index < -0.39 is 9.84 Å². The number of piperidine rings is 1. The Morgan fingerprint density at radius 2 is 1.75 bits per heavy atom. The van der Waals surface area contributed by atoms with Crippen LogP contribution in [0, 0.1) is 13.8 Å². The Bertz CT molecular complexity index is 995. The van der Waals surface area contributed by atoms with Crippen molar-refractivity contribution in [1.29, 1.82) is 0 Å². The Labute approximate surface area is 171 Å². The van der Waals surface area contributed by atoms with Gasteiger partial charge in [0, 0.05) is 32.2 Å². The summed E-state index contributed by atoms with van der Waals surface area (Å²) < 4.78 is 29.6. The lowest BCUT2D eigenvalue weighted by molar-refractivity contribution is 0.0595. The summed E-state index contributed by atoms with van der Waals surface area (Å²) in [4.78, 5) is 14.6. The minimum Gasteiger partial charge on any atom is -0.490 e. The van der Waals surface area contributed by atoms with Crippen LogP contribution in [0.25, 0.3) is 0 Å². The first-order valence-corrected chi connectivity index (χ1v) is 11.4. The fraction of sp³-hybridized carbons (Fsp3) is 0.381. The molecule has 0 radical (unpaired) electrons. The van der Waals surface area contributed by atoms with Crippen molar-refractivity contribution >= 4 is 27.3 Å². The van der Waals surface area contributed by atoms with Gasteiger partial charge in [0.25, 0.3) is 5.91 Å². The number of aryl methyl sites for hydroxylation is 2. The molecule has 0 aromatic heterocycles. The molecule has 0 atom stereocenters. The van der Waals surface area contributed by atoms with E-state index in [4.69, 9.17) is 16.3 Å². The third-order valence-electron chi connectivity index (χ3n) is 5.11. The van der Waals surface area contributed by atoms with Crippen LogP contribution in [0.2, 0.25) is 5.02 Å². The number of likely N-dealkylation sites (tertiary alicyclic amines) is 1. The summed E-state index contributed by atoms with van der Waals surface area (Å²) in [6.07, 6.45) is 2.58. The molecular formula is C21H24ClNO4S. The predicted molar refractivity (Wildman–Crippen MR) is 110 cm³/mol. The van der Waals surface area contributed by atoms with Crippen molar-refractivity contribution in [3.63, 3.8) is 0 Å². The van der Waals surface area contributed by atoms with E-state index in [1.165, 1.54) is 29.3 Å². The van der Waals surface area contributed by atoms with Crippen LogP contribution < -0.4 is 4.74 Å². The van der Waals surface area contributed by atoms with Gasteiger partial charge in [0.1, 0.15) is 11.9 Å². The SMILES string of the molecule is Cc1ccc(OC2CCN(C(=O)c3cc(S(C)(=O)=O)ccc3Cl)CC2)cc1C. The molecule has 0 aliphatic carbocycles. The molecule has 0 unspecified atom stereocenters. The third kappa shape index (κ3) is 4.67. The largest absolute Gasteiger partial charge is 0.490 e. The molecule has 1 aliphatic rings. The number of carbonyl (C=O) groups is 1. The number of benzene rings is 2. The molecule has 2 aromatic rings. The third-order valence-corrected chi connectivity index (χ3v) is 6.55. The number of hydrogen-bond acceptors (Lipinski definition) is 4. The number of amides is 1. The maximum atomic E-state index is 12.9. The van der Waals surface area contributed by atoms with Gasteiger partial charge in [-0.1, -0.05) is 17.7 Å². The second-order valence-corrected chi connectivity index (χ2v) is 9.69. The van der Waals surface area contributed by atoms with Crippen LogP contribution in [0.3, 0.4) is 0 Å². The van der Waals surface area contributed by atoms with E-state index in [0.29, 0.717) is 25.9 Å². The molecule has 5 nitrogen and oxygen atoms in total. The van der Waals surface area contributed by atoms with Gasteiger partial charge in [-0.25, -0.2) is 8.42 Å². The summed E-state index contributed by atoms with van der Waals surface area (Å²) in [5.41, 5.74) is 2.63. The predicted octanol–water partition coefficient (Wildman–Crippen LogP) is 4.04. The van der Waals surface area contributed by atoms with Gasteiger partial charge in [-0.05, 0) is 55.3 Å². The molecule has 0 spiro atoms. The standard InChI is InChI=1S/C21H24ClNO4S/c1-14-4-5-17(12-15(14)2)27-16-8-10-23(11-9-16)21(24)19-13-18(28(3,25)26)6-7-20(19)22/h4-7,12-13,16H,8-11H2,1-3H3. The van der Waals surface area contributed by atoms with Gasteiger partial charge in [-0.2, -0.15) is 0 Å². The second-order valence-electron chi connectivity index (χ2n) is 7.27. The number of rotatable bonds is 4. The Kier molecular flexibility index (Phi) is 6.01. The minimum atomic E-state index is -3.41. The molecule has 1 amide bonds. The number of sulfone groups is 1. The summed E-state index contributed by atoms with van der Waals surface area (Å²) in [5.74, 6) is 0.594. The first-order valence-electron chi connectivity index (χ1n) is 9.18. The zero-order valence-electron chi connectivity index (χ0n) is 16.2. The quantitative estimate of drug-likeness (QED) is 0.747. The van der Waals surface area contributed by atoms with Crippen LogP contribution in [0.4, 0.5) is 0 Å². The van der Waals surface area contributed by atoms with Crippen molar-refractivity contribution in [2.75, 3.05) is 19.3 Å². The highest BCUT2D eigenvalue weighted by atomic mass is 35.5. The normalized spacial score (nSPS) is 15.5. The highest BCUT2D eigenvalue weighted by molar-refractivity contribution is 7.90. The summed E-state index contributed by atoms with van der Waals surface area (Å²) >= 11 is 6.16. The first kappa shape index (κ1) is 20.7. The number of nitrogens with zero attached hydrogens (tertiary/aromatic N) is 1. The topological polar surface area (TPSA) is 63.7 Å². The minimum absolute atomic E-state index is 0.0454. The van der Waals surface area contributed by atoms with Gasteiger partial charge >= 0.3 is 0 Å². The van der Waals surface area contributed by atoms with Gasteiger partial charge in [-0.3, -0.25) is 4.79 Å². The van der Waals surface area contributed by atoms with Crippen molar-refractivity contribution in [2.45, 2.75) is 37.7 Å². The Hall–Kier alpha value is -2.05. The zero-order valence-corrected chi connectivity index (χ0v) is 17.8. The molecule has 0 bridgehead atoms. The fourth-order valence-electron chi connectivity index (χ4n) is 3.23. The van der Waals surface area contributed by atoms with E-state index in [0.717, 1.165) is 12.0 Å². The van der Waals surface area contributed by atoms with Crippen molar-refractivity contribution in [1.82, 2.24) is 4.90 Å². The van der Waals surface area contributed by atoms with Crippen molar-refractivity contribution in [2.24, 2.45) is 0 Å². The molecule has 2 aromatic carbocycles. The first-order chi connectivity index (χ1) is 13.1. The van der Waals surface area contributed by atoms with Crippen LogP contribution in [0.15, 0.2) is 41.3 Å². The summed E-state index contributed by atoms with van der Waals surface area (Å²) in [6.45, 7) is 5.19. The highest BCUT2D eigenvalue weighted by Gasteiger charge is 2.26. The lowest BCUT2D eigenvalue weighted by Crippen LogP contribution is -2.41. The van der Waals surface area contributed by atoms with E-state index in [1.807, 2.05) is 18.2 Å². The highest BCUT2D eigenvalue weighted by Crippen LogP contribution is 2.25. The number of halogens is 1. The fourth-order valence-corrected chi connectivity index (χ4v) is 4.07. The molecule has 1 fully saturated rings. The number of ether oxygens (including phenoxy) is 1. The van der Waals surface area contributed by atoms with Crippen LogP contribution in [-0.4, -0.2) is 44.7 Å². The van der Waals surface area contributed by atoms with E-state index in [2.05, 4.69) is 13.8 Å². The van der Waals surface area contributed by atoms with Crippen LogP contribution in [-0.2, 0) is 9.84 Å². The molecule has 0 N–H and O–H groups in total. The lowest BCUT2D eigenvalue weighted by Gasteiger charge is -2.32. The van der Waals surface area contributed by atoms with E-state index in [-0.39, 0.29) is 27.5 Å². The zero-order chi connectivity index (χ0) is 20.5. The van der Waals surface area contributed by atoms with Crippen molar-refractivity contribution in [3.8, 4) is 5.75 Å². The lowest BCUT2D eigenvalue weighted by atomic mass is 10.1. The van der Waals surface area contributed by atoms with Gasteiger partial charge in [0.15, 0.2) is 9.84 Å². The monoisotopic (exact) mass is 421 g/mol. The molecule has 28 heavy (non-hydrogen) atoms. The van der Waals surface area contributed by atoms with Crippen molar-refractivity contribution in [3.05, 3.63) is 58.1 Å². The molecule has 0 saturated carbocycles. The summed E-state index contributed by atoms with van der Waals surface area (Å²) in [6, 6.07) is 10.3. The van der Waals surface area contributed by atoms with Crippen LogP contribution >= 0.6 is 11.6 Å². The second kappa shape index (κ2) is 8.13. The Balaban J connectivity index is 1.66. The summed E-state index contributed by atoms with van der Waals surface area (Å²) in [7, 11) is -3.41. The van der Waals surface area contributed by atoms with Gasteiger partial charge in [0.05, 0.1) is 15.5 Å². The average molecular weight is 422 g/mol. The van der Waals surface area contributed by atoms with Crippen LogP contribution in [0.1, 0.15) is 34.3 Å². The molecule has 1 saturated heterocycles. The van der Waals surface area contributed by atoms with E-state index in [9.17, 15) is 13.2 Å².